The number of hydrogen-bond donors (Lipinski definition) is 1. The lowest BCUT2D eigenvalue weighted by atomic mass is 10.1. The van der Waals surface area contributed by atoms with Gasteiger partial charge in [-0.2, -0.15) is 11.8 Å². The van der Waals surface area contributed by atoms with Crippen molar-refractivity contribution in [3.8, 4) is 0 Å². The zero-order chi connectivity index (χ0) is 11.6. The van der Waals surface area contributed by atoms with Crippen molar-refractivity contribution in [2.75, 3.05) is 38.2 Å². The normalized spacial score (nSPS) is 19.9. The van der Waals surface area contributed by atoms with Crippen LogP contribution in [-0.4, -0.2) is 49.1 Å². The number of nitrogens with one attached hydrogen (secondary N) is 1. The van der Waals surface area contributed by atoms with Gasteiger partial charge in [0.25, 0.3) is 0 Å². The van der Waals surface area contributed by atoms with Crippen LogP contribution in [0.5, 0.6) is 0 Å². The molecule has 1 fully saturated rings. The second-order valence-electron chi connectivity index (χ2n) is 4.85. The lowest BCUT2D eigenvalue weighted by Crippen LogP contribution is -2.43. The van der Waals surface area contributed by atoms with Crippen LogP contribution in [0, 0.1) is 0 Å². The van der Waals surface area contributed by atoms with Gasteiger partial charge in [-0.15, -0.1) is 0 Å². The molecule has 0 aromatic rings. The molecule has 1 atom stereocenters. The highest BCUT2D eigenvalue weighted by Gasteiger charge is 2.15. The maximum Gasteiger partial charge on any atom is 0.0192 e. The minimum absolute atomic E-state index is 0.723. The average Bonchev–Trinajstić information content (AvgIpc) is 2.34. The van der Waals surface area contributed by atoms with E-state index in [1.165, 1.54) is 64.0 Å². The van der Waals surface area contributed by atoms with Gasteiger partial charge in [0, 0.05) is 12.6 Å². The number of thioether (sulfide) groups is 1. The molecule has 1 aliphatic rings. The molecule has 1 heterocycles. The van der Waals surface area contributed by atoms with Crippen LogP contribution in [0.1, 0.15) is 39.0 Å². The van der Waals surface area contributed by atoms with Gasteiger partial charge in [0.15, 0.2) is 0 Å². The van der Waals surface area contributed by atoms with E-state index in [4.69, 9.17) is 0 Å². The minimum atomic E-state index is 0.723. The number of likely N-dealkylation sites (tertiary alicyclic amines) is 1. The van der Waals surface area contributed by atoms with Gasteiger partial charge in [-0.3, -0.25) is 4.90 Å². The fourth-order valence-corrected chi connectivity index (χ4v) is 2.79. The Balaban J connectivity index is 1.94. The molecule has 0 spiro atoms. The summed E-state index contributed by atoms with van der Waals surface area (Å²) in [5.74, 6) is 1.31. The molecule has 0 radical (unpaired) electrons. The van der Waals surface area contributed by atoms with Crippen molar-refractivity contribution in [2.45, 2.75) is 45.1 Å². The molecule has 3 heteroatoms. The molecule has 1 saturated heterocycles. The summed E-state index contributed by atoms with van der Waals surface area (Å²) in [7, 11) is 0. The predicted octanol–water partition coefficient (Wildman–Crippen LogP) is 2.59. The first-order valence-electron chi connectivity index (χ1n) is 6.78. The summed E-state index contributed by atoms with van der Waals surface area (Å²) < 4.78 is 0. The Morgan fingerprint density at radius 1 is 1.19 bits per heavy atom. The fraction of sp³-hybridized carbons (Fsp3) is 1.00. The lowest BCUT2D eigenvalue weighted by molar-refractivity contribution is 0.171. The third-order valence-corrected chi connectivity index (χ3v) is 4.10. The van der Waals surface area contributed by atoms with Gasteiger partial charge in [0.05, 0.1) is 0 Å². The van der Waals surface area contributed by atoms with Gasteiger partial charge >= 0.3 is 0 Å². The van der Waals surface area contributed by atoms with Gasteiger partial charge in [-0.05, 0) is 64.2 Å². The van der Waals surface area contributed by atoms with Crippen molar-refractivity contribution in [1.29, 1.82) is 0 Å². The summed E-state index contributed by atoms with van der Waals surface area (Å²) in [6.45, 7) is 7.35. The van der Waals surface area contributed by atoms with Crippen LogP contribution >= 0.6 is 11.8 Å². The molecule has 16 heavy (non-hydrogen) atoms. The standard InChI is InChI=1S/C13H28N2S/c1-13(15-9-5-3-6-10-15)12-14-8-4-7-11-16-2/h13-14H,3-12H2,1-2H3. The number of piperidine rings is 1. The SMILES string of the molecule is CSCCCCNCC(C)N1CCCCC1. The van der Waals surface area contributed by atoms with E-state index < -0.39 is 0 Å². The number of unbranched alkanes of at least 4 members (excludes halogenated alkanes) is 1. The summed E-state index contributed by atoms with van der Waals surface area (Å²) in [6, 6.07) is 0.723. The van der Waals surface area contributed by atoms with Gasteiger partial charge in [-0.1, -0.05) is 6.42 Å². The molecular formula is C13H28N2S. The molecule has 1 rings (SSSR count). The zero-order valence-corrected chi connectivity index (χ0v) is 11.8. The van der Waals surface area contributed by atoms with E-state index in [0.717, 1.165) is 6.04 Å². The van der Waals surface area contributed by atoms with Gasteiger partial charge in [0.2, 0.25) is 0 Å². The van der Waals surface area contributed by atoms with Crippen LogP contribution in [-0.2, 0) is 0 Å². The van der Waals surface area contributed by atoms with Gasteiger partial charge in [0.1, 0.15) is 0 Å². The van der Waals surface area contributed by atoms with Crippen molar-refractivity contribution in [1.82, 2.24) is 10.2 Å². The van der Waals surface area contributed by atoms with Crippen LogP contribution in [0.3, 0.4) is 0 Å². The van der Waals surface area contributed by atoms with Gasteiger partial charge in [-0.25, -0.2) is 0 Å². The first-order chi connectivity index (χ1) is 7.84. The van der Waals surface area contributed by atoms with Crippen molar-refractivity contribution in [3.63, 3.8) is 0 Å². The fourth-order valence-electron chi connectivity index (χ4n) is 2.30. The predicted molar refractivity (Wildman–Crippen MR) is 75.4 cm³/mol. The molecule has 0 bridgehead atoms. The topological polar surface area (TPSA) is 15.3 Å². The number of nitrogens with zero attached hydrogens (tertiary/aromatic N) is 1. The number of hydrogen-bond acceptors (Lipinski definition) is 3. The maximum absolute atomic E-state index is 3.59. The smallest absolute Gasteiger partial charge is 0.0192 e. The van der Waals surface area contributed by atoms with E-state index in [2.05, 4.69) is 23.4 Å². The molecular weight excluding hydrogens is 216 g/mol. The molecule has 0 aromatic heterocycles. The molecule has 2 nitrogen and oxygen atoms in total. The average molecular weight is 244 g/mol. The molecule has 0 aromatic carbocycles. The van der Waals surface area contributed by atoms with Crippen molar-refractivity contribution >= 4 is 11.8 Å². The van der Waals surface area contributed by atoms with Crippen LogP contribution in [0.15, 0.2) is 0 Å². The minimum Gasteiger partial charge on any atom is -0.315 e. The Bertz CT molecular complexity index is 158. The number of rotatable bonds is 8. The second-order valence-corrected chi connectivity index (χ2v) is 5.84. The Labute approximate surface area is 106 Å². The summed E-state index contributed by atoms with van der Waals surface area (Å²) in [5.41, 5.74) is 0. The third kappa shape index (κ3) is 6.12. The van der Waals surface area contributed by atoms with E-state index in [1.54, 1.807) is 0 Å². The molecule has 0 aliphatic carbocycles. The zero-order valence-electron chi connectivity index (χ0n) is 11.0. The summed E-state index contributed by atoms with van der Waals surface area (Å²) in [5, 5.41) is 3.59. The van der Waals surface area contributed by atoms with Gasteiger partial charge < -0.3 is 5.32 Å². The van der Waals surface area contributed by atoms with Crippen LogP contribution < -0.4 is 5.32 Å². The molecule has 1 unspecified atom stereocenters. The van der Waals surface area contributed by atoms with E-state index in [0.29, 0.717) is 0 Å². The van der Waals surface area contributed by atoms with Crippen LogP contribution in [0.4, 0.5) is 0 Å². The third-order valence-electron chi connectivity index (χ3n) is 3.41. The van der Waals surface area contributed by atoms with Crippen LogP contribution in [0.2, 0.25) is 0 Å². The van der Waals surface area contributed by atoms with E-state index >= 15 is 0 Å². The monoisotopic (exact) mass is 244 g/mol. The summed E-state index contributed by atoms with van der Waals surface area (Å²) in [6.07, 6.45) is 9.10. The molecule has 0 saturated carbocycles. The quantitative estimate of drug-likeness (QED) is 0.661. The summed E-state index contributed by atoms with van der Waals surface area (Å²) in [4.78, 5) is 2.64. The Morgan fingerprint density at radius 3 is 2.62 bits per heavy atom. The Kier molecular flexibility index (Phi) is 8.34. The van der Waals surface area contributed by atoms with Crippen molar-refractivity contribution < 1.29 is 0 Å². The van der Waals surface area contributed by atoms with Crippen LogP contribution in [0.25, 0.3) is 0 Å². The molecule has 96 valence electrons. The van der Waals surface area contributed by atoms with E-state index in [9.17, 15) is 0 Å². The first-order valence-corrected chi connectivity index (χ1v) is 8.17. The Morgan fingerprint density at radius 2 is 1.94 bits per heavy atom. The molecule has 0 amide bonds. The van der Waals surface area contributed by atoms with E-state index in [-0.39, 0.29) is 0 Å². The molecule has 1 N–H and O–H groups in total. The summed E-state index contributed by atoms with van der Waals surface area (Å²) >= 11 is 1.95. The largest absolute Gasteiger partial charge is 0.315 e. The van der Waals surface area contributed by atoms with Crippen molar-refractivity contribution in [2.24, 2.45) is 0 Å². The highest BCUT2D eigenvalue weighted by molar-refractivity contribution is 7.98. The van der Waals surface area contributed by atoms with Crippen molar-refractivity contribution in [3.05, 3.63) is 0 Å². The second kappa shape index (κ2) is 9.32. The highest BCUT2D eigenvalue weighted by Crippen LogP contribution is 2.11. The lowest BCUT2D eigenvalue weighted by Gasteiger charge is -2.32. The highest BCUT2D eigenvalue weighted by atomic mass is 32.2. The Hall–Kier alpha value is 0.270. The molecule has 1 aliphatic heterocycles. The maximum atomic E-state index is 3.59. The first kappa shape index (κ1) is 14.3. The van der Waals surface area contributed by atoms with E-state index in [1.807, 2.05) is 11.8 Å².